The number of halogens is 2. The third-order valence-corrected chi connectivity index (χ3v) is 4.10. The molecule has 21 heavy (non-hydrogen) atoms. The van der Waals surface area contributed by atoms with Gasteiger partial charge in [0.05, 0.1) is 6.54 Å². The molecule has 4 nitrogen and oxygen atoms in total. The molecule has 0 bridgehead atoms. The van der Waals surface area contributed by atoms with Crippen LogP contribution in [0.2, 0.25) is 5.02 Å². The van der Waals surface area contributed by atoms with E-state index in [4.69, 9.17) is 16.7 Å². The molecule has 0 amide bonds. The Balaban J connectivity index is 0.00000220. The second-order valence-electron chi connectivity index (χ2n) is 5.45. The van der Waals surface area contributed by atoms with Gasteiger partial charge in [0.15, 0.2) is 0 Å². The Morgan fingerprint density at radius 1 is 1.43 bits per heavy atom. The van der Waals surface area contributed by atoms with Crippen molar-refractivity contribution >= 4 is 30.0 Å². The minimum Gasteiger partial charge on any atom is -0.480 e. The van der Waals surface area contributed by atoms with E-state index in [9.17, 15) is 4.79 Å². The van der Waals surface area contributed by atoms with Crippen LogP contribution in [0.25, 0.3) is 0 Å². The molecule has 0 atom stereocenters. The van der Waals surface area contributed by atoms with Crippen molar-refractivity contribution in [3.63, 3.8) is 0 Å². The molecular formula is C15H22Cl2N2O2. The first kappa shape index (κ1) is 18.2. The fraction of sp³-hybridized carbons (Fsp3) is 0.533. The second-order valence-corrected chi connectivity index (χ2v) is 5.88. The summed E-state index contributed by atoms with van der Waals surface area (Å²) < 4.78 is 0. The van der Waals surface area contributed by atoms with E-state index in [-0.39, 0.29) is 19.0 Å². The van der Waals surface area contributed by atoms with Crippen LogP contribution in [0, 0.1) is 0 Å². The van der Waals surface area contributed by atoms with Gasteiger partial charge in [0, 0.05) is 17.6 Å². The summed E-state index contributed by atoms with van der Waals surface area (Å²) in [6.45, 7) is 3.04. The first-order chi connectivity index (χ1) is 9.54. The van der Waals surface area contributed by atoms with Crippen LogP contribution in [-0.2, 0) is 11.3 Å². The molecule has 0 saturated carbocycles. The summed E-state index contributed by atoms with van der Waals surface area (Å²) in [5, 5.41) is 9.60. The van der Waals surface area contributed by atoms with Crippen molar-refractivity contribution in [3.05, 3.63) is 34.9 Å². The number of carboxylic acid groups (broad SMARTS) is 1. The lowest BCUT2D eigenvalue weighted by molar-refractivity contribution is -0.138. The maximum atomic E-state index is 10.7. The van der Waals surface area contributed by atoms with Crippen molar-refractivity contribution < 1.29 is 9.90 Å². The normalized spacial score (nSPS) is 16.7. The Kier molecular flexibility index (Phi) is 7.46. The van der Waals surface area contributed by atoms with Gasteiger partial charge in [-0.3, -0.25) is 14.6 Å². The average Bonchev–Trinajstić information content (AvgIpc) is 2.38. The quantitative estimate of drug-likeness (QED) is 0.900. The van der Waals surface area contributed by atoms with E-state index >= 15 is 0 Å². The maximum Gasteiger partial charge on any atom is 0.317 e. The van der Waals surface area contributed by atoms with Gasteiger partial charge >= 0.3 is 5.97 Å². The molecule has 1 aromatic rings. The number of likely N-dealkylation sites (tertiary alicyclic amines) is 1. The largest absolute Gasteiger partial charge is 0.480 e. The molecule has 0 aromatic heterocycles. The minimum atomic E-state index is -0.756. The molecular weight excluding hydrogens is 311 g/mol. The molecule has 1 heterocycles. The lowest BCUT2D eigenvalue weighted by Gasteiger charge is -2.36. The molecule has 2 rings (SSSR count). The van der Waals surface area contributed by atoms with Gasteiger partial charge in [0.25, 0.3) is 0 Å². The predicted molar refractivity (Wildman–Crippen MR) is 87.3 cm³/mol. The van der Waals surface area contributed by atoms with E-state index in [0.717, 1.165) is 37.5 Å². The number of carboxylic acids is 1. The first-order valence-electron chi connectivity index (χ1n) is 6.93. The maximum absolute atomic E-state index is 10.7. The minimum absolute atomic E-state index is 0. The topological polar surface area (TPSA) is 43.8 Å². The Labute approximate surface area is 137 Å². The van der Waals surface area contributed by atoms with Crippen LogP contribution in [-0.4, -0.2) is 53.6 Å². The number of piperidine rings is 1. The van der Waals surface area contributed by atoms with Gasteiger partial charge < -0.3 is 5.11 Å². The monoisotopic (exact) mass is 332 g/mol. The van der Waals surface area contributed by atoms with Crippen LogP contribution in [0.5, 0.6) is 0 Å². The van der Waals surface area contributed by atoms with E-state index in [0.29, 0.717) is 6.04 Å². The lowest BCUT2D eigenvalue weighted by atomic mass is 10.0. The Bertz CT molecular complexity index is 463. The smallest absolute Gasteiger partial charge is 0.317 e. The fourth-order valence-corrected chi connectivity index (χ4v) is 2.97. The molecule has 0 radical (unpaired) electrons. The van der Waals surface area contributed by atoms with Crippen LogP contribution in [0.3, 0.4) is 0 Å². The molecule has 1 saturated heterocycles. The highest BCUT2D eigenvalue weighted by Crippen LogP contribution is 2.18. The van der Waals surface area contributed by atoms with Crippen LogP contribution in [0.1, 0.15) is 18.4 Å². The molecule has 0 unspecified atom stereocenters. The summed E-state index contributed by atoms with van der Waals surface area (Å²) in [7, 11) is 1.89. The fourth-order valence-electron chi connectivity index (χ4n) is 2.75. The van der Waals surface area contributed by atoms with Crippen molar-refractivity contribution in [2.75, 3.05) is 26.7 Å². The van der Waals surface area contributed by atoms with Gasteiger partial charge in [0.1, 0.15) is 0 Å². The number of likely N-dealkylation sites (N-methyl/N-ethyl adjacent to an activating group) is 1. The van der Waals surface area contributed by atoms with E-state index < -0.39 is 5.97 Å². The molecule has 0 spiro atoms. The number of carbonyl (C=O) groups is 1. The van der Waals surface area contributed by atoms with E-state index in [2.05, 4.69) is 11.0 Å². The molecule has 1 N–H and O–H groups in total. The number of aliphatic carboxylic acids is 1. The zero-order chi connectivity index (χ0) is 14.5. The number of hydrogen-bond acceptors (Lipinski definition) is 3. The number of nitrogens with zero attached hydrogens (tertiary/aromatic N) is 2. The summed E-state index contributed by atoms with van der Waals surface area (Å²) in [4.78, 5) is 15.1. The molecule has 1 aliphatic rings. The van der Waals surface area contributed by atoms with Crippen molar-refractivity contribution in [2.45, 2.75) is 25.4 Å². The van der Waals surface area contributed by atoms with Gasteiger partial charge in [-0.2, -0.15) is 0 Å². The first-order valence-corrected chi connectivity index (χ1v) is 7.31. The zero-order valence-corrected chi connectivity index (χ0v) is 13.7. The summed E-state index contributed by atoms with van der Waals surface area (Å²) in [6, 6.07) is 8.34. The third kappa shape index (κ3) is 5.83. The summed E-state index contributed by atoms with van der Waals surface area (Å²) >= 11 is 5.99. The van der Waals surface area contributed by atoms with E-state index in [1.807, 2.05) is 30.1 Å². The highest BCUT2D eigenvalue weighted by Gasteiger charge is 2.23. The third-order valence-electron chi connectivity index (χ3n) is 3.86. The van der Waals surface area contributed by atoms with Crippen LogP contribution in [0.4, 0.5) is 0 Å². The van der Waals surface area contributed by atoms with Crippen LogP contribution >= 0.6 is 24.0 Å². The van der Waals surface area contributed by atoms with Crippen LogP contribution < -0.4 is 0 Å². The standard InChI is InChI=1S/C15H21ClN2O2.ClH/c1-17(11-15(19)20)14-5-7-18(8-6-14)10-12-3-2-4-13(16)9-12;/h2-4,9,14H,5-8,10-11H2,1H3,(H,19,20);1H. The molecule has 6 heteroatoms. The number of benzene rings is 1. The van der Waals surface area contributed by atoms with Crippen molar-refractivity contribution in [1.29, 1.82) is 0 Å². The lowest BCUT2D eigenvalue weighted by Crippen LogP contribution is -2.44. The van der Waals surface area contributed by atoms with Crippen LogP contribution in [0.15, 0.2) is 24.3 Å². The van der Waals surface area contributed by atoms with E-state index in [1.165, 1.54) is 5.56 Å². The Morgan fingerprint density at radius 3 is 2.67 bits per heavy atom. The highest BCUT2D eigenvalue weighted by molar-refractivity contribution is 6.30. The van der Waals surface area contributed by atoms with Crippen molar-refractivity contribution in [3.8, 4) is 0 Å². The van der Waals surface area contributed by atoms with Gasteiger partial charge in [0.2, 0.25) is 0 Å². The molecule has 0 aliphatic carbocycles. The Morgan fingerprint density at radius 2 is 2.10 bits per heavy atom. The summed E-state index contributed by atoms with van der Waals surface area (Å²) in [5.41, 5.74) is 1.23. The summed E-state index contributed by atoms with van der Waals surface area (Å²) in [5.74, 6) is -0.756. The average molecular weight is 333 g/mol. The molecule has 118 valence electrons. The molecule has 1 fully saturated rings. The predicted octanol–water partition coefficient (Wildman–Crippen LogP) is 2.74. The number of rotatable bonds is 5. The van der Waals surface area contributed by atoms with Gasteiger partial charge in [-0.1, -0.05) is 23.7 Å². The summed E-state index contributed by atoms with van der Waals surface area (Å²) in [6.07, 6.45) is 2.04. The van der Waals surface area contributed by atoms with E-state index in [1.54, 1.807) is 0 Å². The highest BCUT2D eigenvalue weighted by atomic mass is 35.5. The molecule has 1 aromatic carbocycles. The zero-order valence-electron chi connectivity index (χ0n) is 12.2. The SMILES string of the molecule is CN(CC(=O)O)C1CCN(Cc2cccc(Cl)c2)CC1.Cl. The van der Waals surface area contributed by atoms with Gasteiger partial charge in [-0.15, -0.1) is 12.4 Å². The van der Waals surface area contributed by atoms with Gasteiger partial charge in [-0.25, -0.2) is 0 Å². The Hall–Kier alpha value is -0.810. The van der Waals surface area contributed by atoms with Crippen molar-refractivity contribution in [2.24, 2.45) is 0 Å². The second kappa shape index (κ2) is 8.59. The van der Waals surface area contributed by atoms with Gasteiger partial charge in [-0.05, 0) is 50.7 Å². The molecule has 1 aliphatic heterocycles. The van der Waals surface area contributed by atoms with Crippen molar-refractivity contribution in [1.82, 2.24) is 9.80 Å². The number of hydrogen-bond donors (Lipinski definition) is 1.